The monoisotopic (exact) mass is 334 g/mol. The van der Waals surface area contributed by atoms with Crippen molar-refractivity contribution in [3.05, 3.63) is 66.2 Å². The average molecular weight is 334 g/mol. The number of aromatic hydroxyl groups is 1. The lowest BCUT2D eigenvalue weighted by Gasteiger charge is -2.20. The number of hydrogen-bond donors (Lipinski definition) is 3. The summed E-state index contributed by atoms with van der Waals surface area (Å²) < 4.78 is 0. The number of rotatable bonds is 2. The highest BCUT2D eigenvalue weighted by Crippen LogP contribution is 2.25. The van der Waals surface area contributed by atoms with Crippen LogP contribution in [-0.2, 0) is 5.41 Å². The highest BCUT2D eigenvalue weighted by Gasteiger charge is 2.14. The van der Waals surface area contributed by atoms with Crippen LogP contribution in [0.5, 0.6) is 5.75 Å². The lowest BCUT2D eigenvalue weighted by atomic mass is 9.87. The molecule has 3 rings (SSSR count). The van der Waals surface area contributed by atoms with Crippen molar-refractivity contribution in [1.82, 2.24) is 0 Å². The third kappa shape index (κ3) is 4.10. The zero-order valence-corrected chi connectivity index (χ0v) is 14.6. The van der Waals surface area contributed by atoms with Crippen molar-refractivity contribution in [1.29, 1.82) is 0 Å². The minimum absolute atomic E-state index is 0.0223. The van der Waals surface area contributed by atoms with E-state index in [-0.39, 0.29) is 17.2 Å². The second kappa shape index (κ2) is 6.48. The number of phenolic OH excluding ortho intramolecular Hbond substituents is 1. The summed E-state index contributed by atoms with van der Waals surface area (Å²) in [6.07, 6.45) is 0. The molecule has 0 aromatic heterocycles. The van der Waals surface area contributed by atoms with Crippen LogP contribution in [0.4, 0.5) is 16.2 Å². The maximum Gasteiger partial charge on any atom is 0.323 e. The SMILES string of the molecule is CC(C)(C)c1cccc(NC(=O)Nc2ccc3ccc(O)cc3c2)c1. The maximum absolute atomic E-state index is 12.3. The molecule has 0 fully saturated rings. The summed E-state index contributed by atoms with van der Waals surface area (Å²) in [6.45, 7) is 6.41. The maximum atomic E-state index is 12.3. The second-order valence-electron chi connectivity index (χ2n) is 7.16. The Labute approximate surface area is 147 Å². The zero-order valence-electron chi connectivity index (χ0n) is 14.6. The highest BCUT2D eigenvalue weighted by atomic mass is 16.3. The number of amides is 2. The first-order valence-corrected chi connectivity index (χ1v) is 8.23. The number of carbonyl (C=O) groups excluding carboxylic acids is 1. The first-order chi connectivity index (χ1) is 11.8. The Kier molecular flexibility index (Phi) is 4.36. The molecule has 0 saturated heterocycles. The van der Waals surface area contributed by atoms with E-state index in [0.29, 0.717) is 5.69 Å². The van der Waals surface area contributed by atoms with Gasteiger partial charge in [0.25, 0.3) is 0 Å². The number of nitrogens with one attached hydrogen (secondary N) is 2. The van der Waals surface area contributed by atoms with E-state index in [1.807, 2.05) is 42.5 Å². The van der Waals surface area contributed by atoms with Crippen LogP contribution in [0.3, 0.4) is 0 Å². The number of carbonyl (C=O) groups is 1. The number of urea groups is 1. The number of phenols is 1. The summed E-state index contributed by atoms with van der Waals surface area (Å²) in [4.78, 5) is 12.3. The van der Waals surface area contributed by atoms with Gasteiger partial charge in [0.2, 0.25) is 0 Å². The van der Waals surface area contributed by atoms with Gasteiger partial charge in [0, 0.05) is 11.4 Å². The van der Waals surface area contributed by atoms with E-state index < -0.39 is 0 Å². The standard InChI is InChI=1S/C21H22N2O2/c1-21(2,3)16-5-4-6-17(13-16)22-20(25)23-18-9-7-14-8-10-19(24)12-15(14)11-18/h4-13,24H,1-3H3,(H2,22,23,25). The Bertz CT molecular complexity index is 927. The molecule has 0 radical (unpaired) electrons. The molecule has 4 nitrogen and oxygen atoms in total. The minimum Gasteiger partial charge on any atom is -0.508 e. The molecule has 2 amide bonds. The number of anilines is 2. The van der Waals surface area contributed by atoms with Gasteiger partial charge in [0.05, 0.1) is 0 Å². The Hall–Kier alpha value is -3.01. The topological polar surface area (TPSA) is 61.4 Å². The fourth-order valence-electron chi connectivity index (χ4n) is 2.67. The van der Waals surface area contributed by atoms with Crippen LogP contribution in [0.25, 0.3) is 10.8 Å². The minimum atomic E-state index is -0.300. The zero-order chi connectivity index (χ0) is 18.0. The molecular weight excluding hydrogens is 312 g/mol. The van der Waals surface area contributed by atoms with Crippen LogP contribution in [0.15, 0.2) is 60.7 Å². The fourth-order valence-corrected chi connectivity index (χ4v) is 2.67. The predicted molar refractivity (Wildman–Crippen MR) is 103 cm³/mol. The molecule has 0 aliphatic carbocycles. The summed E-state index contributed by atoms with van der Waals surface area (Å²) in [5, 5.41) is 17.2. The molecule has 0 aliphatic heterocycles. The summed E-state index contributed by atoms with van der Waals surface area (Å²) >= 11 is 0. The van der Waals surface area contributed by atoms with Gasteiger partial charge >= 0.3 is 6.03 Å². The largest absolute Gasteiger partial charge is 0.508 e. The summed E-state index contributed by atoms with van der Waals surface area (Å²) in [7, 11) is 0. The normalized spacial score (nSPS) is 11.3. The van der Waals surface area contributed by atoms with E-state index in [9.17, 15) is 9.90 Å². The smallest absolute Gasteiger partial charge is 0.323 e. The van der Waals surface area contributed by atoms with Crippen LogP contribution in [0, 0.1) is 0 Å². The van der Waals surface area contributed by atoms with E-state index in [1.165, 1.54) is 0 Å². The molecule has 4 heteroatoms. The fraction of sp³-hybridized carbons (Fsp3) is 0.190. The average Bonchev–Trinajstić information content (AvgIpc) is 2.53. The molecule has 0 saturated carbocycles. The van der Waals surface area contributed by atoms with Crippen LogP contribution < -0.4 is 10.6 Å². The van der Waals surface area contributed by atoms with Crippen molar-refractivity contribution in [2.45, 2.75) is 26.2 Å². The first kappa shape index (κ1) is 16.8. The van der Waals surface area contributed by atoms with E-state index in [0.717, 1.165) is 22.0 Å². The van der Waals surface area contributed by atoms with E-state index in [4.69, 9.17) is 0 Å². The predicted octanol–water partition coefficient (Wildman–Crippen LogP) is 5.49. The molecule has 0 atom stereocenters. The van der Waals surface area contributed by atoms with Gasteiger partial charge in [-0.05, 0) is 58.1 Å². The molecule has 3 aromatic carbocycles. The van der Waals surface area contributed by atoms with Gasteiger partial charge in [-0.15, -0.1) is 0 Å². The third-order valence-corrected chi connectivity index (χ3v) is 4.07. The number of benzene rings is 3. The van der Waals surface area contributed by atoms with Crippen molar-refractivity contribution in [2.24, 2.45) is 0 Å². The Morgan fingerprint density at radius 1 is 0.840 bits per heavy atom. The van der Waals surface area contributed by atoms with Crippen molar-refractivity contribution < 1.29 is 9.90 Å². The van der Waals surface area contributed by atoms with Crippen molar-refractivity contribution in [3.63, 3.8) is 0 Å². The number of hydrogen-bond acceptors (Lipinski definition) is 2. The quantitative estimate of drug-likeness (QED) is 0.580. The van der Waals surface area contributed by atoms with E-state index in [1.54, 1.807) is 12.1 Å². The van der Waals surface area contributed by atoms with Crippen molar-refractivity contribution in [2.75, 3.05) is 10.6 Å². The molecule has 25 heavy (non-hydrogen) atoms. The van der Waals surface area contributed by atoms with Crippen LogP contribution in [0.2, 0.25) is 0 Å². The van der Waals surface area contributed by atoms with Crippen LogP contribution in [0.1, 0.15) is 26.3 Å². The van der Waals surface area contributed by atoms with E-state index in [2.05, 4.69) is 37.5 Å². The second-order valence-corrected chi connectivity index (χ2v) is 7.16. The van der Waals surface area contributed by atoms with E-state index >= 15 is 0 Å². The van der Waals surface area contributed by atoms with Crippen LogP contribution >= 0.6 is 0 Å². The van der Waals surface area contributed by atoms with Crippen molar-refractivity contribution >= 4 is 28.2 Å². The van der Waals surface area contributed by atoms with Gasteiger partial charge in [-0.25, -0.2) is 4.79 Å². The van der Waals surface area contributed by atoms with Gasteiger partial charge in [0.15, 0.2) is 0 Å². The number of fused-ring (bicyclic) bond motifs is 1. The lowest BCUT2D eigenvalue weighted by Crippen LogP contribution is -2.20. The first-order valence-electron chi connectivity index (χ1n) is 8.23. The molecule has 0 heterocycles. The molecule has 0 bridgehead atoms. The Morgan fingerprint density at radius 2 is 1.52 bits per heavy atom. The van der Waals surface area contributed by atoms with Crippen molar-refractivity contribution in [3.8, 4) is 5.75 Å². The summed E-state index contributed by atoms with van der Waals surface area (Å²) in [6, 6.07) is 18.3. The molecule has 0 aliphatic rings. The molecule has 3 N–H and O–H groups in total. The van der Waals surface area contributed by atoms with Gasteiger partial charge in [-0.1, -0.05) is 45.0 Å². The summed E-state index contributed by atoms with van der Waals surface area (Å²) in [5.74, 6) is 0.202. The van der Waals surface area contributed by atoms with Gasteiger partial charge in [0.1, 0.15) is 5.75 Å². The van der Waals surface area contributed by atoms with Gasteiger partial charge in [-0.2, -0.15) is 0 Å². The molecule has 128 valence electrons. The molecule has 3 aromatic rings. The Balaban J connectivity index is 1.74. The van der Waals surface area contributed by atoms with Gasteiger partial charge < -0.3 is 15.7 Å². The summed E-state index contributed by atoms with van der Waals surface area (Å²) in [5.41, 5.74) is 2.60. The Morgan fingerprint density at radius 3 is 2.24 bits per heavy atom. The van der Waals surface area contributed by atoms with Gasteiger partial charge in [-0.3, -0.25) is 0 Å². The highest BCUT2D eigenvalue weighted by molar-refractivity contribution is 6.01. The third-order valence-electron chi connectivity index (χ3n) is 4.07. The molecule has 0 spiro atoms. The molecular formula is C21H22N2O2. The van der Waals surface area contributed by atoms with Crippen LogP contribution in [-0.4, -0.2) is 11.1 Å². The lowest BCUT2D eigenvalue weighted by molar-refractivity contribution is 0.262. The molecule has 0 unspecified atom stereocenters.